The first kappa shape index (κ1) is 21.6. The number of rotatable bonds is 5. The highest BCUT2D eigenvalue weighted by Gasteiger charge is 2.46. The second-order valence-electron chi connectivity index (χ2n) is 7.91. The maximum Gasteiger partial charge on any atom is 0.338 e. The van der Waals surface area contributed by atoms with Crippen molar-refractivity contribution in [2.45, 2.75) is 52.2 Å². The molecule has 0 aliphatic heterocycles. The van der Waals surface area contributed by atoms with Crippen LogP contribution in [0.3, 0.4) is 0 Å². The fourth-order valence-corrected chi connectivity index (χ4v) is 2.86. The van der Waals surface area contributed by atoms with E-state index in [1.807, 2.05) is 44.2 Å². The summed E-state index contributed by atoms with van der Waals surface area (Å²) < 4.78 is 10.1. The third kappa shape index (κ3) is 4.75. The van der Waals surface area contributed by atoms with E-state index < -0.39 is 23.1 Å². The minimum absolute atomic E-state index is 0.0246. The van der Waals surface area contributed by atoms with Gasteiger partial charge in [0.2, 0.25) is 5.54 Å². The standard InChI is InChI=1S/C22H28N2O4/c1-14-15(2)24-12-11-18(14)17-9-7-16(8-10-17)13-22(23,19(25)27-6)20(26)28-21(3,4)5/h7-12H,13,23H2,1-6H3. The molecule has 1 atom stereocenters. The van der Waals surface area contributed by atoms with Crippen molar-refractivity contribution in [2.75, 3.05) is 7.11 Å². The largest absolute Gasteiger partial charge is 0.467 e. The van der Waals surface area contributed by atoms with Crippen LogP contribution in [-0.4, -0.2) is 35.2 Å². The predicted molar refractivity (Wildman–Crippen MR) is 108 cm³/mol. The Hall–Kier alpha value is -2.73. The van der Waals surface area contributed by atoms with Crippen molar-refractivity contribution in [1.82, 2.24) is 4.98 Å². The Balaban J connectivity index is 2.31. The Morgan fingerprint density at radius 1 is 1.04 bits per heavy atom. The van der Waals surface area contributed by atoms with Crippen molar-refractivity contribution < 1.29 is 19.1 Å². The van der Waals surface area contributed by atoms with Gasteiger partial charge in [-0.3, -0.25) is 4.98 Å². The number of nitrogens with two attached hydrogens (primary N) is 1. The first-order valence-corrected chi connectivity index (χ1v) is 9.10. The van der Waals surface area contributed by atoms with E-state index >= 15 is 0 Å². The molecule has 0 radical (unpaired) electrons. The van der Waals surface area contributed by atoms with Crippen LogP contribution in [0.1, 0.15) is 37.6 Å². The molecule has 0 bridgehead atoms. The van der Waals surface area contributed by atoms with Gasteiger partial charge in [-0.2, -0.15) is 0 Å². The lowest BCUT2D eigenvalue weighted by molar-refractivity contribution is -0.170. The molecule has 2 N–H and O–H groups in total. The van der Waals surface area contributed by atoms with Gasteiger partial charge in [-0.15, -0.1) is 0 Å². The van der Waals surface area contributed by atoms with Crippen LogP contribution in [0.2, 0.25) is 0 Å². The highest BCUT2D eigenvalue weighted by atomic mass is 16.6. The van der Waals surface area contributed by atoms with Crippen molar-refractivity contribution >= 4 is 11.9 Å². The van der Waals surface area contributed by atoms with Crippen LogP contribution in [0.25, 0.3) is 11.1 Å². The Labute approximate surface area is 166 Å². The summed E-state index contributed by atoms with van der Waals surface area (Å²) in [6.07, 6.45) is 1.75. The molecule has 0 spiro atoms. The average molecular weight is 384 g/mol. The predicted octanol–water partition coefficient (Wildman–Crippen LogP) is 3.12. The van der Waals surface area contributed by atoms with Gasteiger partial charge >= 0.3 is 11.9 Å². The Morgan fingerprint density at radius 2 is 1.64 bits per heavy atom. The van der Waals surface area contributed by atoms with E-state index in [0.29, 0.717) is 0 Å². The van der Waals surface area contributed by atoms with Crippen LogP contribution < -0.4 is 5.73 Å². The fourth-order valence-electron chi connectivity index (χ4n) is 2.86. The second-order valence-corrected chi connectivity index (χ2v) is 7.91. The normalized spacial score (nSPS) is 13.5. The number of hydrogen-bond acceptors (Lipinski definition) is 6. The summed E-state index contributed by atoms with van der Waals surface area (Å²) >= 11 is 0. The summed E-state index contributed by atoms with van der Waals surface area (Å²) in [6, 6.07) is 9.52. The van der Waals surface area contributed by atoms with Gasteiger partial charge in [-0.05, 0) is 62.9 Å². The molecular formula is C22H28N2O4. The van der Waals surface area contributed by atoms with Crippen LogP contribution in [0.15, 0.2) is 36.5 Å². The van der Waals surface area contributed by atoms with Gasteiger partial charge in [0.15, 0.2) is 0 Å². The summed E-state index contributed by atoms with van der Waals surface area (Å²) in [5.41, 5.74) is 8.39. The molecule has 2 aromatic rings. The Morgan fingerprint density at radius 3 is 2.18 bits per heavy atom. The minimum atomic E-state index is -1.91. The smallest absolute Gasteiger partial charge is 0.338 e. The lowest BCUT2D eigenvalue weighted by Crippen LogP contribution is -2.59. The monoisotopic (exact) mass is 384 g/mol. The average Bonchev–Trinajstić information content (AvgIpc) is 2.62. The van der Waals surface area contributed by atoms with Crippen LogP contribution >= 0.6 is 0 Å². The molecular weight excluding hydrogens is 356 g/mol. The maximum atomic E-state index is 12.6. The van der Waals surface area contributed by atoms with Gasteiger partial charge in [0.25, 0.3) is 0 Å². The summed E-state index contributed by atoms with van der Waals surface area (Å²) in [5.74, 6) is -1.64. The molecule has 150 valence electrons. The number of benzene rings is 1. The van der Waals surface area contributed by atoms with E-state index in [2.05, 4.69) is 4.98 Å². The molecule has 0 saturated carbocycles. The molecule has 0 aliphatic carbocycles. The first-order chi connectivity index (χ1) is 13.0. The number of nitrogens with zero attached hydrogens (tertiary/aromatic N) is 1. The van der Waals surface area contributed by atoms with Crippen LogP contribution in [0, 0.1) is 13.8 Å². The topological polar surface area (TPSA) is 91.5 Å². The highest BCUT2D eigenvalue weighted by Crippen LogP contribution is 2.26. The number of pyridine rings is 1. The summed E-state index contributed by atoms with van der Waals surface area (Å²) in [5, 5.41) is 0. The zero-order valence-corrected chi connectivity index (χ0v) is 17.3. The number of aromatic nitrogens is 1. The van der Waals surface area contributed by atoms with Crippen LogP contribution in [0.5, 0.6) is 0 Å². The van der Waals surface area contributed by atoms with Crippen molar-refractivity contribution in [2.24, 2.45) is 5.73 Å². The molecule has 2 rings (SSSR count). The lowest BCUT2D eigenvalue weighted by atomic mass is 9.90. The van der Waals surface area contributed by atoms with Crippen molar-refractivity contribution in [3.05, 3.63) is 53.3 Å². The maximum absolute atomic E-state index is 12.6. The van der Waals surface area contributed by atoms with Crippen LogP contribution in [-0.2, 0) is 25.5 Å². The Bertz CT molecular complexity index is 869. The third-order valence-electron chi connectivity index (χ3n) is 4.52. The summed E-state index contributed by atoms with van der Waals surface area (Å²) in [6.45, 7) is 9.15. The zero-order valence-electron chi connectivity index (χ0n) is 17.3. The quantitative estimate of drug-likeness (QED) is 0.629. The molecule has 1 unspecified atom stereocenters. The number of carbonyl (C=O) groups excluding carboxylic acids is 2. The highest BCUT2D eigenvalue weighted by molar-refractivity contribution is 6.05. The Kier molecular flexibility index (Phi) is 6.24. The van der Waals surface area contributed by atoms with E-state index in [1.54, 1.807) is 27.0 Å². The van der Waals surface area contributed by atoms with Crippen molar-refractivity contribution in [3.8, 4) is 11.1 Å². The van der Waals surface area contributed by atoms with E-state index in [1.165, 1.54) is 7.11 Å². The van der Waals surface area contributed by atoms with Gasteiger partial charge in [-0.1, -0.05) is 24.3 Å². The minimum Gasteiger partial charge on any atom is -0.467 e. The molecule has 6 heteroatoms. The van der Waals surface area contributed by atoms with Crippen molar-refractivity contribution in [1.29, 1.82) is 0 Å². The van der Waals surface area contributed by atoms with Gasteiger partial charge in [-0.25, -0.2) is 9.59 Å². The first-order valence-electron chi connectivity index (χ1n) is 9.10. The van der Waals surface area contributed by atoms with Crippen LogP contribution in [0.4, 0.5) is 0 Å². The van der Waals surface area contributed by atoms with E-state index in [0.717, 1.165) is 27.9 Å². The number of aryl methyl sites for hydroxylation is 1. The van der Waals surface area contributed by atoms with E-state index in [9.17, 15) is 9.59 Å². The zero-order chi connectivity index (χ0) is 21.1. The molecule has 0 fully saturated rings. The second kappa shape index (κ2) is 8.10. The van der Waals surface area contributed by atoms with Gasteiger partial charge < -0.3 is 15.2 Å². The molecule has 0 aliphatic rings. The van der Waals surface area contributed by atoms with Gasteiger partial charge in [0.1, 0.15) is 5.60 Å². The van der Waals surface area contributed by atoms with E-state index in [4.69, 9.17) is 15.2 Å². The number of methoxy groups -OCH3 is 1. The molecule has 28 heavy (non-hydrogen) atoms. The van der Waals surface area contributed by atoms with Gasteiger partial charge in [0, 0.05) is 18.3 Å². The number of carbonyl (C=O) groups is 2. The third-order valence-corrected chi connectivity index (χ3v) is 4.52. The SMILES string of the molecule is COC(=O)C(N)(Cc1ccc(-c2ccnc(C)c2C)cc1)C(=O)OC(C)(C)C. The van der Waals surface area contributed by atoms with Gasteiger partial charge in [0.05, 0.1) is 7.11 Å². The molecule has 1 aromatic heterocycles. The molecule has 1 heterocycles. The molecule has 6 nitrogen and oxygen atoms in total. The molecule has 0 amide bonds. The molecule has 1 aromatic carbocycles. The summed E-state index contributed by atoms with van der Waals surface area (Å²) in [4.78, 5) is 29.2. The number of hydrogen-bond donors (Lipinski definition) is 1. The fraction of sp³-hybridized carbons (Fsp3) is 0.409. The number of ether oxygens (including phenoxy) is 2. The van der Waals surface area contributed by atoms with E-state index in [-0.39, 0.29) is 6.42 Å². The van der Waals surface area contributed by atoms with Crippen molar-refractivity contribution in [3.63, 3.8) is 0 Å². The molecule has 0 saturated heterocycles. The number of esters is 2. The lowest BCUT2D eigenvalue weighted by Gasteiger charge is -2.29. The summed E-state index contributed by atoms with van der Waals surface area (Å²) in [7, 11) is 1.20.